The van der Waals surface area contributed by atoms with Crippen molar-refractivity contribution in [3.63, 3.8) is 0 Å². The van der Waals surface area contributed by atoms with Crippen LogP contribution in [0, 0.1) is 0 Å². The van der Waals surface area contributed by atoms with Crippen LogP contribution >= 0.6 is 0 Å². The molecule has 27 heavy (non-hydrogen) atoms. The number of hydrogen-bond donors (Lipinski definition) is 3. The summed E-state index contributed by atoms with van der Waals surface area (Å²) >= 11 is 0. The van der Waals surface area contributed by atoms with E-state index in [9.17, 15) is 5.11 Å². The van der Waals surface area contributed by atoms with Gasteiger partial charge in [-0.05, 0) is 41.3 Å². The van der Waals surface area contributed by atoms with Crippen LogP contribution in [0.1, 0.15) is 19.4 Å². The van der Waals surface area contributed by atoms with Crippen molar-refractivity contribution in [1.29, 1.82) is 0 Å². The number of aromatic amines is 1. The summed E-state index contributed by atoms with van der Waals surface area (Å²) < 4.78 is 0. The number of hydrogen-bond acceptors (Lipinski definition) is 3. The summed E-state index contributed by atoms with van der Waals surface area (Å²) in [6.45, 7) is 4.16. The first-order valence-electron chi connectivity index (χ1n) is 9.21. The largest absolute Gasteiger partial charge is 0.508 e. The maximum Gasteiger partial charge on any atom is 0.137 e. The lowest BCUT2D eigenvalue weighted by molar-refractivity contribution is 0.299. The highest BCUT2D eigenvalue weighted by molar-refractivity contribution is 5.95. The van der Waals surface area contributed by atoms with Gasteiger partial charge in [0.25, 0.3) is 0 Å². The van der Waals surface area contributed by atoms with Crippen molar-refractivity contribution >= 4 is 11.0 Å². The van der Waals surface area contributed by atoms with Crippen molar-refractivity contribution in [1.82, 2.24) is 9.97 Å². The highest BCUT2D eigenvalue weighted by Crippen LogP contribution is 2.31. The standard InChI is InChI=1S/C21H18N2O2.C2H6/c24-9-8-14-4-6-15(7-5-14)20-13-23-21-19(20)11-17(12-22-21)16-2-1-3-18(25)10-16;1-2/h1-7,10-13,24-25H,8-9H2,(H,22,23);1-2H3. The topological polar surface area (TPSA) is 69.1 Å². The Hall–Kier alpha value is -3.11. The molecule has 4 aromatic rings. The summed E-state index contributed by atoms with van der Waals surface area (Å²) in [6.07, 6.45) is 4.43. The van der Waals surface area contributed by atoms with E-state index in [0.717, 1.165) is 38.9 Å². The Morgan fingerprint density at radius 1 is 0.926 bits per heavy atom. The van der Waals surface area contributed by atoms with Crippen LogP contribution < -0.4 is 0 Å². The first-order chi connectivity index (χ1) is 13.2. The predicted octanol–water partition coefficient (Wildman–Crippen LogP) is 5.16. The van der Waals surface area contributed by atoms with Gasteiger partial charge in [-0.3, -0.25) is 0 Å². The molecule has 0 aliphatic carbocycles. The Morgan fingerprint density at radius 3 is 2.41 bits per heavy atom. The van der Waals surface area contributed by atoms with Gasteiger partial charge in [0.1, 0.15) is 11.4 Å². The molecular weight excluding hydrogens is 336 g/mol. The molecule has 4 heteroatoms. The van der Waals surface area contributed by atoms with Crippen LogP contribution in [0.2, 0.25) is 0 Å². The zero-order chi connectivity index (χ0) is 19.2. The maximum absolute atomic E-state index is 9.71. The van der Waals surface area contributed by atoms with E-state index >= 15 is 0 Å². The Balaban J connectivity index is 0.00000102. The normalized spacial score (nSPS) is 10.5. The lowest BCUT2D eigenvalue weighted by atomic mass is 10.0. The number of aromatic nitrogens is 2. The van der Waals surface area contributed by atoms with Crippen molar-refractivity contribution in [3.8, 4) is 28.0 Å². The van der Waals surface area contributed by atoms with Crippen LogP contribution in [-0.2, 0) is 6.42 Å². The second-order valence-corrected chi connectivity index (χ2v) is 6.04. The molecule has 0 aliphatic heterocycles. The van der Waals surface area contributed by atoms with Gasteiger partial charge in [0.2, 0.25) is 0 Å². The molecular formula is C23H24N2O2. The van der Waals surface area contributed by atoms with E-state index in [4.69, 9.17) is 5.11 Å². The van der Waals surface area contributed by atoms with Gasteiger partial charge in [-0.2, -0.15) is 0 Å². The Morgan fingerprint density at radius 2 is 1.70 bits per heavy atom. The van der Waals surface area contributed by atoms with Crippen molar-refractivity contribution in [3.05, 3.63) is 72.6 Å². The SMILES string of the molecule is CC.OCCc1ccc(-c2c[nH]c3ncc(-c4cccc(O)c4)cc23)cc1. The van der Waals surface area contributed by atoms with Crippen LogP contribution in [-0.4, -0.2) is 26.8 Å². The summed E-state index contributed by atoms with van der Waals surface area (Å²) in [6, 6.07) is 17.5. The molecule has 3 N–H and O–H groups in total. The molecule has 0 spiro atoms. The van der Waals surface area contributed by atoms with Gasteiger partial charge in [0, 0.05) is 35.5 Å². The van der Waals surface area contributed by atoms with E-state index in [0.29, 0.717) is 6.42 Å². The monoisotopic (exact) mass is 360 g/mol. The number of pyridine rings is 1. The van der Waals surface area contributed by atoms with Crippen molar-refractivity contribution in [2.24, 2.45) is 0 Å². The molecule has 2 aromatic carbocycles. The molecule has 4 nitrogen and oxygen atoms in total. The summed E-state index contributed by atoms with van der Waals surface area (Å²) in [7, 11) is 0. The van der Waals surface area contributed by atoms with Gasteiger partial charge >= 0.3 is 0 Å². The number of aliphatic hydroxyl groups is 1. The predicted molar refractivity (Wildman–Crippen MR) is 111 cm³/mol. The molecule has 0 aliphatic rings. The second-order valence-electron chi connectivity index (χ2n) is 6.04. The zero-order valence-electron chi connectivity index (χ0n) is 15.6. The third kappa shape index (κ3) is 4.01. The number of aliphatic hydroxyl groups excluding tert-OH is 1. The first-order valence-corrected chi connectivity index (χ1v) is 9.21. The lowest BCUT2D eigenvalue weighted by Crippen LogP contribution is -1.89. The number of benzene rings is 2. The van der Waals surface area contributed by atoms with Crippen molar-refractivity contribution in [2.75, 3.05) is 6.61 Å². The fourth-order valence-corrected chi connectivity index (χ4v) is 3.07. The number of aromatic hydroxyl groups is 1. The van der Waals surface area contributed by atoms with Gasteiger partial charge in [-0.25, -0.2) is 4.98 Å². The van der Waals surface area contributed by atoms with Crippen LogP contribution in [0.5, 0.6) is 5.75 Å². The van der Waals surface area contributed by atoms with Crippen LogP contribution in [0.15, 0.2) is 67.0 Å². The molecule has 4 rings (SSSR count). The number of H-pyrrole nitrogens is 1. The van der Waals surface area contributed by atoms with E-state index in [1.54, 1.807) is 12.1 Å². The average Bonchev–Trinajstić information content (AvgIpc) is 3.14. The summed E-state index contributed by atoms with van der Waals surface area (Å²) in [4.78, 5) is 7.73. The molecule has 2 aromatic heterocycles. The number of fused-ring (bicyclic) bond motifs is 1. The number of phenolic OH excluding ortho intramolecular Hbond substituents is 1. The number of rotatable bonds is 4. The number of nitrogens with one attached hydrogen (secondary N) is 1. The van der Waals surface area contributed by atoms with Gasteiger partial charge in [0.05, 0.1) is 0 Å². The van der Waals surface area contributed by atoms with Gasteiger partial charge in [-0.1, -0.05) is 50.2 Å². The number of phenols is 1. The highest BCUT2D eigenvalue weighted by atomic mass is 16.3. The van der Waals surface area contributed by atoms with Crippen LogP contribution in [0.4, 0.5) is 0 Å². The fourth-order valence-electron chi connectivity index (χ4n) is 3.07. The quantitative estimate of drug-likeness (QED) is 0.471. The fraction of sp³-hybridized carbons (Fsp3) is 0.174. The molecule has 0 radical (unpaired) electrons. The summed E-state index contributed by atoms with van der Waals surface area (Å²) in [5, 5.41) is 19.8. The molecule has 0 fully saturated rings. The molecule has 2 heterocycles. The molecule has 0 bridgehead atoms. The lowest BCUT2D eigenvalue weighted by Gasteiger charge is -2.05. The molecule has 0 unspecified atom stereocenters. The smallest absolute Gasteiger partial charge is 0.137 e. The van der Waals surface area contributed by atoms with Gasteiger partial charge in [-0.15, -0.1) is 0 Å². The van der Waals surface area contributed by atoms with Crippen molar-refractivity contribution in [2.45, 2.75) is 20.3 Å². The molecule has 0 atom stereocenters. The Labute approximate surface area is 159 Å². The van der Waals surface area contributed by atoms with Crippen LogP contribution in [0.3, 0.4) is 0 Å². The Bertz CT molecular complexity index is 1020. The maximum atomic E-state index is 9.71. The molecule has 0 amide bonds. The Kier molecular flexibility index (Phi) is 5.89. The van der Waals surface area contributed by atoms with E-state index < -0.39 is 0 Å². The molecule has 138 valence electrons. The number of nitrogens with zero attached hydrogens (tertiary/aromatic N) is 1. The molecule has 0 saturated carbocycles. The third-order valence-corrected chi connectivity index (χ3v) is 4.38. The summed E-state index contributed by atoms with van der Waals surface area (Å²) in [5.41, 5.74) is 6.02. The van der Waals surface area contributed by atoms with E-state index in [1.807, 2.05) is 50.5 Å². The third-order valence-electron chi connectivity index (χ3n) is 4.38. The zero-order valence-corrected chi connectivity index (χ0v) is 15.6. The van der Waals surface area contributed by atoms with E-state index in [2.05, 4.69) is 28.2 Å². The summed E-state index contributed by atoms with van der Waals surface area (Å²) in [5.74, 6) is 0.242. The average molecular weight is 360 g/mol. The molecule has 0 saturated heterocycles. The van der Waals surface area contributed by atoms with Crippen LogP contribution in [0.25, 0.3) is 33.3 Å². The second kappa shape index (κ2) is 8.52. The minimum Gasteiger partial charge on any atom is -0.508 e. The van der Waals surface area contributed by atoms with E-state index in [-0.39, 0.29) is 12.4 Å². The first kappa shape index (κ1) is 18.7. The van der Waals surface area contributed by atoms with Gasteiger partial charge in [0.15, 0.2) is 0 Å². The van der Waals surface area contributed by atoms with E-state index in [1.165, 1.54) is 0 Å². The minimum absolute atomic E-state index is 0.156. The minimum atomic E-state index is 0.156. The van der Waals surface area contributed by atoms with Crippen molar-refractivity contribution < 1.29 is 10.2 Å². The van der Waals surface area contributed by atoms with Gasteiger partial charge < -0.3 is 15.2 Å². The highest BCUT2D eigenvalue weighted by Gasteiger charge is 2.09.